The van der Waals surface area contributed by atoms with Gasteiger partial charge in [0.2, 0.25) is 0 Å². The zero-order chi connectivity index (χ0) is 12.5. The van der Waals surface area contributed by atoms with Crippen LogP contribution in [0.1, 0.15) is 40.0 Å². The Bertz CT molecular complexity index is 282. The molecule has 1 heterocycles. The number of ether oxygens (including phenoxy) is 1. The van der Waals surface area contributed by atoms with Gasteiger partial charge in [0.1, 0.15) is 5.60 Å². The van der Waals surface area contributed by atoms with Gasteiger partial charge in [-0.05, 0) is 58.4 Å². The second kappa shape index (κ2) is 4.84. The van der Waals surface area contributed by atoms with Crippen LogP contribution in [0, 0.1) is 11.8 Å². The number of alkyl carbamates (subject to hydrolysis) is 1. The first kappa shape index (κ1) is 12.7. The average molecular weight is 240 g/mol. The van der Waals surface area contributed by atoms with E-state index in [1.54, 1.807) is 0 Å². The maximum absolute atomic E-state index is 11.8. The number of rotatable bonds is 2. The minimum Gasteiger partial charge on any atom is -0.444 e. The summed E-state index contributed by atoms with van der Waals surface area (Å²) in [6.45, 7) is 7.63. The Balaban J connectivity index is 1.85. The Labute approximate surface area is 103 Å². The topological polar surface area (TPSA) is 50.4 Å². The molecule has 0 aromatic heterocycles. The first-order chi connectivity index (χ1) is 7.96. The summed E-state index contributed by atoms with van der Waals surface area (Å²) in [5, 5.41) is 6.37. The minimum absolute atomic E-state index is 0.242. The maximum Gasteiger partial charge on any atom is 0.407 e. The van der Waals surface area contributed by atoms with E-state index in [1.165, 1.54) is 19.3 Å². The summed E-state index contributed by atoms with van der Waals surface area (Å²) in [5.74, 6) is 1.47. The van der Waals surface area contributed by atoms with Crippen molar-refractivity contribution in [2.45, 2.75) is 51.7 Å². The fraction of sp³-hybridized carbons (Fsp3) is 0.923. The molecule has 2 atom stereocenters. The van der Waals surface area contributed by atoms with Crippen molar-refractivity contribution in [2.75, 3.05) is 13.1 Å². The Morgan fingerprint density at radius 1 is 1.29 bits per heavy atom. The van der Waals surface area contributed by atoms with Gasteiger partial charge in [0.15, 0.2) is 0 Å². The van der Waals surface area contributed by atoms with Crippen LogP contribution >= 0.6 is 0 Å². The van der Waals surface area contributed by atoms with Gasteiger partial charge in [-0.1, -0.05) is 0 Å². The van der Waals surface area contributed by atoms with Gasteiger partial charge in [-0.3, -0.25) is 0 Å². The predicted octanol–water partition coefficient (Wildman–Crippen LogP) is 1.90. The molecule has 2 rings (SSSR count). The van der Waals surface area contributed by atoms with E-state index in [2.05, 4.69) is 10.6 Å². The summed E-state index contributed by atoms with van der Waals surface area (Å²) >= 11 is 0. The van der Waals surface area contributed by atoms with Gasteiger partial charge >= 0.3 is 6.09 Å². The van der Waals surface area contributed by atoms with E-state index < -0.39 is 5.60 Å². The molecule has 2 aliphatic rings. The largest absolute Gasteiger partial charge is 0.444 e. The summed E-state index contributed by atoms with van der Waals surface area (Å²) in [6, 6.07) is 0.242. The van der Waals surface area contributed by atoms with E-state index in [9.17, 15) is 4.79 Å². The molecule has 1 amide bonds. The molecule has 0 aromatic rings. The Morgan fingerprint density at radius 2 is 2.00 bits per heavy atom. The van der Waals surface area contributed by atoms with Crippen molar-refractivity contribution < 1.29 is 9.53 Å². The third-order valence-electron chi connectivity index (χ3n) is 3.47. The molecule has 4 nitrogen and oxygen atoms in total. The number of amides is 1. The third-order valence-corrected chi connectivity index (χ3v) is 3.47. The molecule has 0 bridgehead atoms. The van der Waals surface area contributed by atoms with Crippen molar-refractivity contribution >= 4 is 6.09 Å². The van der Waals surface area contributed by atoms with E-state index in [4.69, 9.17) is 4.74 Å². The zero-order valence-electron chi connectivity index (χ0n) is 11.1. The highest BCUT2D eigenvalue weighted by Crippen LogP contribution is 2.40. The van der Waals surface area contributed by atoms with Crippen LogP contribution in [-0.2, 0) is 4.74 Å². The van der Waals surface area contributed by atoms with Crippen molar-refractivity contribution in [3.63, 3.8) is 0 Å². The maximum atomic E-state index is 11.8. The van der Waals surface area contributed by atoms with Gasteiger partial charge in [-0.15, -0.1) is 0 Å². The summed E-state index contributed by atoms with van der Waals surface area (Å²) in [5.41, 5.74) is -0.415. The first-order valence-corrected chi connectivity index (χ1v) is 6.66. The number of carbonyl (C=O) groups excluding carboxylic acids is 1. The van der Waals surface area contributed by atoms with Crippen LogP contribution in [0.2, 0.25) is 0 Å². The molecule has 0 aromatic carbocycles. The molecule has 2 N–H and O–H groups in total. The van der Waals surface area contributed by atoms with E-state index in [0.29, 0.717) is 5.92 Å². The van der Waals surface area contributed by atoms with Gasteiger partial charge in [-0.25, -0.2) is 4.79 Å². The molecule has 1 aliphatic carbocycles. The molecule has 0 unspecified atom stereocenters. The van der Waals surface area contributed by atoms with E-state index in [-0.39, 0.29) is 12.1 Å². The second-order valence-corrected chi connectivity index (χ2v) is 6.25. The molecule has 0 radical (unpaired) electrons. The highest BCUT2D eigenvalue weighted by Gasteiger charge is 2.38. The van der Waals surface area contributed by atoms with Gasteiger partial charge in [-0.2, -0.15) is 0 Å². The van der Waals surface area contributed by atoms with Gasteiger partial charge in [0.25, 0.3) is 0 Å². The van der Waals surface area contributed by atoms with Crippen LogP contribution in [0.15, 0.2) is 0 Å². The summed E-state index contributed by atoms with van der Waals surface area (Å²) in [4.78, 5) is 11.8. The highest BCUT2D eigenvalue weighted by atomic mass is 16.6. The summed E-state index contributed by atoms with van der Waals surface area (Å²) in [6.07, 6.45) is 3.55. The van der Waals surface area contributed by atoms with Gasteiger partial charge < -0.3 is 15.4 Å². The van der Waals surface area contributed by atoms with Crippen LogP contribution < -0.4 is 10.6 Å². The summed E-state index contributed by atoms with van der Waals surface area (Å²) < 4.78 is 5.31. The number of carbonyl (C=O) groups is 1. The van der Waals surface area contributed by atoms with E-state index in [1.807, 2.05) is 20.8 Å². The van der Waals surface area contributed by atoms with Gasteiger partial charge in [0, 0.05) is 12.6 Å². The fourth-order valence-corrected chi connectivity index (χ4v) is 2.58. The lowest BCUT2D eigenvalue weighted by Gasteiger charge is -2.33. The average Bonchev–Trinajstić information content (AvgIpc) is 2.98. The molecule has 1 saturated carbocycles. The molecule has 1 aliphatic heterocycles. The van der Waals surface area contributed by atoms with Crippen molar-refractivity contribution in [3.8, 4) is 0 Å². The quantitative estimate of drug-likeness (QED) is 0.775. The van der Waals surface area contributed by atoms with Crippen LogP contribution in [0.3, 0.4) is 0 Å². The number of hydrogen-bond donors (Lipinski definition) is 2. The predicted molar refractivity (Wildman–Crippen MR) is 66.9 cm³/mol. The lowest BCUT2D eigenvalue weighted by Crippen LogP contribution is -2.52. The molecule has 17 heavy (non-hydrogen) atoms. The van der Waals surface area contributed by atoms with E-state index >= 15 is 0 Å². The number of hydrogen-bond acceptors (Lipinski definition) is 3. The Hall–Kier alpha value is -0.770. The number of nitrogens with one attached hydrogen (secondary N) is 2. The lowest BCUT2D eigenvalue weighted by atomic mass is 9.88. The molecule has 2 fully saturated rings. The van der Waals surface area contributed by atoms with Crippen molar-refractivity contribution in [1.29, 1.82) is 0 Å². The first-order valence-electron chi connectivity index (χ1n) is 6.66. The molecule has 1 saturated heterocycles. The monoisotopic (exact) mass is 240 g/mol. The second-order valence-electron chi connectivity index (χ2n) is 6.25. The highest BCUT2D eigenvalue weighted by molar-refractivity contribution is 5.68. The van der Waals surface area contributed by atoms with Crippen LogP contribution in [0.4, 0.5) is 4.79 Å². The molecular weight excluding hydrogens is 216 g/mol. The molecule has 4 heteroatoms. The van der Waals surface area contributed by atoms with Crippen molar-refractivity contribution in [3.05, 3.63) is 0 Å². The molecular formula is C13H24N2O2. The summed E-state index contributed by atoms with van der Waals surface area (Å²) in [7, 11) is 0. The smallest absolute Gasteiger partial charge is 0.407 e. The van der Waals surface area contributed by atoms with Crippen LogP contribution in [-0.4, -0.2) is 30.8 Å². The Morgan fingerprint density at radius 3 is 2.59 bits per heavy atom. The van der Waals surface area contributed by atoms with Gasteiger partial charge in [0.05, 0.1) is 0 Å². The third kappa shape index (κ3) is 3.87. The standard InChI is InChI=1S/C13H24N2O2/c1-13(2,3)17-12(16)15-11-8-14-7-6-10(11)9-4-5-9/h9-11,14H,4-8H2,1-3H3,(H,15,16)/t10-,11+/m1/s1. The normalized spacial score (nSPS) is 29.8. The zero-order valence-corrected chi connectivity index (χ0v) is 11.1. The lowest BCUT2D eigenvalue weighted by molar-refractivity contribution is 0.0469. The van der Waals surface area contributed by atoms with Crippen LogP contribution in [0.5, 0.6) is 0 Å². The molecule has 0 spiro atoms. The minimum atomic E-state index is -0.415. The van der Waals surface area contributed by atoms with Crippen molar-refractivity contribution in [2.24, 2.45) is 11.8 Å². The van der Waals surface area contributed by atoms with Crippen LogP contribution in [0.25, 0.3) is 0 Å². The van der Waals surface area contributed by atoms with Crippen molar-refractivity contribution in [1.82, 2.24) is 10.6 Å². The number of piperidine rings is 1. The van der Waals surface area contributed by atoms with E-state index in [0.717, 1.165) is 19.0 Å². The fourth-order valence-electron chi connectivity index (χ4n) is 2.58. The Kier molecular flexibility index (Phi) is 3.61. The SMILES string of the molecule is CC(C)(C)OC(=O)N[C@H]1CNCC[C@@H]1C1CC1. The molecule has 98 valence electrons.